The van der Waals surface area contributed by atoms with E-state index in [9.17, 15) is 9.18 Å². The van der Waals surface area contributed by atoms with Crippen LogP contribution in [0.1, 0.15) is 15.9 Å². The summed E-state index contributed by atoms with van der Waals surface area (Å²) in [4.78, 5) is 12.4. The highest BCUT2D eigenvalue weighted by Crippen LogP contribution is 2.26. The van der Waals surface area contributed by atoms with Gasteiger partial charge in [-0.1, -0.05) is 12.1 Å². The Morgan fingerprint density at radius 2 is 1.58 bits per heavy atom. The number of halogens is 1. The molecule has 0 aromatic heterocycles. The van der Waals surface area contributed by atoms with Crippen molar-refractivity contribution in [2.75, 3.05) is 14.2 Å². The molecule has 19 heavy (non-hydrogen) atoms. The van der Waals surface area contributed by atoms with Crippen molar-refractivity contribution in [3.8, 4) is 11.5 Å². The molecule has 3 nitrogen and oxygen atoms in total. The van der Waals surface area contributed by atoms with Crippen molar-refractivity contribution in [3.05, 3.63) is 59.4 Å². The second-order valence-corrected chi connectivity index (χ2v) is 3.87. The van der Waals surface area contributed by atoms with Gasteiger partial charge in [-0.25, -0.2) is 4.39 Å². The van der Waals surface area contributed by atoms with E-state index in [1.54, 1.807) is 24.3 Å². The molecule has 0 aliphatic carbocycles. The first-order valence-corrected chi connectivity index (χ1v) is 5.68. The molecule has 0 heterocycles. The Bertz CT molecular complexity index is 608. The molecule has 0 unspecified atom stereocenters. The molecular formula is C15H13FO3. The van der Waals surface area contributed by atoms with Crippen LogP contribution in [-0.4, -0.2) is 20.0 Å². The summed E-state index contributed by atoms with van der Waals surface area (Å²) in [6.45, 7) is 0. The maximum absolute atomic E-state index is 13.3. The molecule has 0 saturated heterocycles. The number of carbonyl (C=O) groups excluding carboxylic acids is 1. The summed E-state index contributed by atoms with van der Waals surface area (Å²) in [6, 6.07) is 10.6. The normalized spacial score (nSPS) is 10.1. The molecule has 0 N–H and O–H groups in total. The van der Waals surface area contributed by atoms with E-state index in [0.29, 0.717) is 17.1 Å². The zero-order valence-electron chi connectivity index (χ0n) is 10.6. The molecule has 0 amide bonds. The first kappa shape index (κ1) is 13.1. The molecule has 0 bridgehead atoms. The van der Waals surface area contributed by atoms with E-state index in [1.165, 1.54) is 26.4 Å². The van der Waals surface area contributed by atoms with E-state index in [-0.39, 0.29) is 11.3 Å². The van der Waals surface area contributed by atoms with Gasteiger partial charge >= 0.3 is 0 Å². The van der Waals surface area contributed by atoms with Gasteiger partial charge < -0.3 is 9.47 Å². The molecular weight excluding hydrogens is 247 g/mol. The van der Waals surface area contributed by atoms with Gasteiger partial charge in [0.1, 0.15) is 17.3 Å². The number of methoxy groups -OCH3 is 2. The quantitative estimate of drug-likeness (QED) is 0.792. The SMILES string of the molecule is COc1ccccc1C(=O)c1cc(F)ccc1OC. The Hall–Kier alpha value is -2.36. The molecule has 2 rings (SSSR count). The summed E-state index contributed by atoms with van der Waals surface area (Å²) in [6.07, 6.45) is 0. The predicted octanol–water partition coefficient (Wildman–Crippen LogP) is 3.07. The van der Waals surface area contributed by atoms with Crippen molar-refractivity contribution in [2.45, 2.75) is 0 Å². The fraction of sp³-hybridized carbons (Fsp3) is 0.133. The lowest BCUT2D eigenvalue weighted by molar-refractivity contribution is 0.103. The van der Waals surface area contributed by atoms with Crippen molar-refractivity contribution in [1.29, 1.82) is 0 Å². The monoisotopic (exact) mass is 260 g/mol. The molecule has 0 aliphatic heterocycles. The van der Waals surface area contributed by atoms with E-state index in [1.807, 2.05) is 0 Å². The summed E-state index contributed by atoms with van der Waals surface area (Å²) in [7, 11) is 2.92. The smallest absolute Gasteiger partial charge is 0.200 e. The summed E-state index contributed by atoms with van der Waals surface area (Å²) in [5.41, 5.74) is 0.543. The van der Waals surface area contributed by atoms with Gasteiger partial charge in [0.05, 0.1) is 25.3 Å². The van der Waals surface area contributed by atoms with Crippen molar-refractivity contribution >= 4 is 5.78 Å². The highest BCUT2D eigenvalue weighted by molar-refractivity contribution is 6.12. The predicted molar refractivity (Wildman–Crippen MR) is 69.4 cm³/mol. The molecule has 4 heteroatoms. The van der Waals surface area contributed by atoms with Gasteiger partial charge in [-0.15, -0.1) is 0 Å². The van der Waals surface area contributed by atoms with Crippen LogP contribution in [-0.2, 0) is 0 Å². The lowest BCUT2D eigenvalue weighted by Crippen LogP contribution is -2.06. The highest BCUT2D eigenvalue weighted by atomic mass is 19.1. The van der Waals surface area contributed by atoms with Gasteiger partial charge in [0, 0.05) is 0 Å². The number of hydrogen-bond acceptors (Lipinski definition) is 3. The van der Waals surface area contributed by atoms with Gasteiger partial charge in [0.2, 0.25) is 5.78 Å². The van der Waals surface area contributed by atoms with Crippen LogP contribution in [0.3, 0.4) is 0 Å². The fourth-order valence-corrected chi connectivity index (χ4v) is 1.83. The topological polar surface area (TPSA) is 35.5 Å². The summed E-state index contributed by atoms with van der Waals surface area (Å²) >= 11 is 0. The maximum atomic E-state index is 13.3. The van der Waals surface area contributed by atoms with Crippen LogP contribution in [0.15, 0.2) is 42.5 Å². The number of ketones is 1. The minimum atomic E-state index is -0.487. The minimum Gasteiger partial charge on any atom is -0.496 e. The number of rotatable bonds is 4. The van der Waals surface area contributed by atoms with Crippen LogP contribution in [0.2, 0.25) is 0 Å². The number of ether oxygens (including phenoxy) is 2. The van der Waals surface area contributed by atoms with Gasteiger partial charge in [-0.3, -0.25) is 4.79 Å². The van der Waals surface area contributed by atoms with E-state index in [2.05, 4.69) is 0 Å². The summed E-state index contributed by atoms with van der Waals surface area (Å²) < 4.78 is 23.5. The third-order valence-electron chi connectivity index (χ3n) is 2.76. The highest BCUT2D eigenvalue weighted by Gasteiger charge is 2.18. The third kappa shape index (κ3) is 2.57. The van der Waals surface area contributed by atoms with Crippen molar-refractivity contribution in [3.63, 3.8) is 0 Å². The molecule has 0 radical (unpaired) electrons. The zero-order valence-corrected chi connectivity index (χ0v) is 10.6. The lowest BCUT2D eigenvalue weighted by Gasteiger charge is -2.10. The average Bonchev–Trinajstić information content (AvgIpc) is 2.46. The average molecular weight is 260 g/mol. The molecule has 0 atom stereocenters. The Balaban J connectivity index is 2.52. The van der Waals surface area contributed by atoms with Gasteiger partial charge in [-0.05, 0) is 30.3 Å². The Morgan fingerprint density at radius 1 is 0.947 bits per heavy atom. The molecule has 0 saturated carbocycles. The van der Waals surface area contributed by atoms with E-state index >= 15 is 0 Å². The molecule has 0 spiro atoms. The van der Waals surface area contributed by atoms with E-state index in [0.717, 1.165) is 6.07 Å². The number of benzene rings is 2. The molecule has 0 aliphatic rings. The van der Waals surface area contributed by atoms with Crippen LogP contribution in [0.25, 0.3) is 0 Å². The zero-order chi connectivity index (χ0) is 13.8. The van der Waals surface area contributed by atoms with E-state index < -0.39 is 5.82 Å². The Morgan fingerprint density at radius 3 is 2.26 bits per heavy atom. The number of carbonyl (C=O) groups is 1. The second kappa shape index (κ2) is 5.52. The minimum absolute atomic E-state index is 0.173. The van der Waals surface area contributed by atoms with Crippen molar-refractivity contribution < 1.29 is 18.7 Å². The molecule has 98 valence electrons. The van der Waals surface area contributed by atoms with Crippen molar-refractivity contribution in [1.82, 2.24) is 0 Å². The first-order valence-electron chi connectivity index (χ1n) is 5.68. The van der Waals surface area contributed by atoms with E-state index in [4.69, 9.17) is 9.47 Å². The van der Waals surface area contributed by atoms with Crippen LogP contribution in [0.4, 0.5) is 4.39 Å². The lowest BCUT2D eigenvalue weighted by atomic mass is 10.0. The molecule has 2 aromatic carbocycles. The summed E-state index contributed by atoms with van der Waals surface area (Å²) in [5.74, 6) is -0.0519. The van der Waals surface area contributed by atoms with Crippen LogP contribution >= 0.6 is 0 Å². The maximum Gasteiger partial charge on any atom is 0.200 e. The summed E-state index contributed by atoms with van der Waals surface area (Å²) in [5, 5.41) is 0. The Kier molecular flexibility index (Phi) is 3.80. The first-order chi connectivity index (χ1) is 9.17. The number of para-hydroxylation sites is 1. The Labute approximate surface area is 110 Å². The standard InChI is InChI=1S/C15H13FO3/c1-18-13-6-4-3-5-11(13)15(17)12-9-10(16)7-8-14(12)19-2/h3-9H,1-2H3. The van der Waals surface area contributed by atoms with Gasteiger partial charge in [0.15, 0.2) is 0 Å². The largest absolute Gasteiger partial charge is 0.496 e. The van der Waals surface area contributed by atoms with Gasteiger partial charge in [0.25, 0.3) is 0 Å². The molecule has 0 fully saturated rings. The van der Waals surface area contributed by atoms with Crippen LogP contribution < -0.4 is 9.47 Å². The van der Waals surface area contributed by atoms with Crippen LogP contribution in [0, 0.1) is 5.82 Å². The number of hydrogen-bond donors (Lipinski definition) is 0. The van der Waals surface area contributed by atoms with Gasteiger partial charge in [-0.2, -0.15) is 0 Å². The fourth-order valence-electron chi connectivity index (χ4n) is 1.83. The van der Waals surface area contributed by atoms with Crippen LogP contribution in [0.5, 0.6) is 11.5 Å². The third-order valence-corrected chi connectivity index (χ3v) is 2.76. The second-order valence-electron chi connectivity index (χ2n) is 3.87. The van der Waals surface area contributed by atoms with Crippen molar-refractivity contribution in [2.24, 2.45) is 0 Å². The molecule has 2 aromatic rings.